The number of nitrogens with zero attached hydrogens (tertiary/aromatic N) is 3. The van der Waals surface area contributed by atoms with Crippen LogP contribution in [-0.4, -0.2) is 33.4 Å². The summed E-state index contributed by atoms with van der Waals surface area (Å²) in [5, 5.41) is 15.9. The molecule has 2 rings (SSSR count). The third kappa shape index (κ3) is 2.86. The van der Waals surface area contributed by atoms with Crippen LogP contribution in [0.4, 0.5) is 0 Å². The minimum atomic E-state index is -0.263. The molecule has 0 bridgehead atoms. The molecule has 0 aliphatic heterocycles. The van der Waals surface area contributed by atoms with Gasteiger partial charge in [-0.3, -0.25) is 10.3 Å². The maximum atomic E-state index is 8.87. The van der Waals surface area contributed by atoms with Crippen LogP contribution in [0.2, 0.25) is 0 Å². The molecule has 0 aliphatic rings. The lowest BCUT2D eigenvalue weighted by Gasteiger charge is -2.13. The van der Waals surface area contributed by atoms with E-state index in [-0.39, 0.29) is 12.6 Å². The highest BCUT2D eigenvalue weighted by atomic mass is 16.5. The summed E-state index contributed by atoms with van der Waals surface area (Å²) in [6, 6.07) is 5.35. The minimum Gasteiger partial charge on any atom is -0.395 e. The first-order valence-corrected chi connectivity index (χ1v) is 5.36. The number of aromatic nitrogens is 3. The van der Waals surface area contributed by atoms with E-state index in [2.05, 4.69) is 20.4 Å². The van der Waals surface area contributed by atoms with Crippen molar-refractivity contribution in [1.82, 2.24) is 20.4 Å². The van der Waals surface area contributed by atoms with E-state index in [1.54, 1.807) is 13.1 Å². The first kappa shape index (κ1) is 11.7. The predicted octanol–water partition coefficient (Wildman–Crippen LogP) is 0.444. The lowest BCUT2D eigenvalue weighted by atomic mass is 10.1. The van der Waals surface area contributed by atoms with Gasteiger partial charge in [0.25, 0.3) is 0 Å². The van der Waals surface area contributed by atoms with Crippen molar-refractivity contribution in [2.24, 2.45) is 0 Å². The Bertz CT molecular complexity index is 458. The first-order chi connectivity index (χ1) is 8.31. The maximum Gasteiger partial charge on any atom is 0.223 e. The summed E-state index contributed by atoms with van der Waals surface area (Å²) in [5.74, 6) is 1.03. The van der Waals surface area contributed by atoms with Crippen LogP contribution in [-0.2, 0) is 0 Å². The lowest BCUT2D eigenvalue weighted by molar-refractivity contribution is 0.285. The molecule has 2 aromatic heterocycles. The molecule has 2 N–H and O–H groups in total. The molecule has 0 radical (unpaired) electrons. The molecular formula is C11H14N4O2. The molecule has 1 unspecified atom stereocenters. The van der Waals surface area contributed by atoms with Crippen molar-refractivity contribution in [2.45, 2.75) is 13.0 Å². The summed E-state index contributed by atoms with van der Waals surface area (Å²) >= 11 is 0. The van der Waals surface area contributed by atoms with Crippen LogP contribution in [0.25, 0.3) is 0 Å². The minimum absolute atomic E-state index is 0.0418. The van der Waals surface area contributed by atoms with Gasteiger partial charge in [0.05, 0.1) is 12.3 Å². The summed E-state index contributed by atoms with van der Waals surface area (Å²) < 4.78 is 4.96. The van der Waals surface area contributed by atoms with Gasteiger partial charge in [0.1, 0.15) is 6.04 Å². The van der Waals surface area contributed by atoms with Crippen molar-refractivity contribution in [3.63, 3.8) is 0 Å². The van der Waals surface area contributed by atoms with Crippen LogP contribution >= 0.6 is 0 Å². The van der Waals surface area contributed by atoms with Gasteiger partial charge in [-0.2, -0.15) is 4.98 Å². The van der Waals surface area contributed by atoms with Crippen LogP contribution in [0.3, 0.4) is 0 Å². The average molecular weight is 234 g/mol. The number of aryl methyl sites for hydroxylation is 1. The van der Waals surface area contributed by atoms with E-state index in [9.17, 15) is 0 Å². The standard InChI is InChI=1S/C11H14N4O2/c1-8-14-11(15-17-8)10(13-6-7-16)9-4-2-3-5-12-9/h2-5,10,13,16H,6-7H2,1H3. The number of aliphatic hydroxyl groups excluding tert-OH is 1. The second kappa shape index (κ2) is 5.51. The molecule has 90 valence electrons. The van der Waals surface area contributed by atoms with Gasteiger partial charge in [-0.1, -0.05) is 11.2 Å². The quantitative estimate of drug-likeness (QED) is 0.781. The summed E-state index contributed by atoms with van der Waals surface area (Å²) in [6.07, 6.45) is 1.70. The van der Waals surface area contributed by atoms with Crippen molar-refractivity contribution >= 4 is 0 Å². The third-order valence-corrected chi connectivity index (χ3v) is 2.25. The fraction of sp³-hybridized carbons (Fsp3) is 0.364. The summed E-state index contributed by atoms with van der Waals surface area (Å²) in [7, 11) is 0. The van der Waals surface area contributed by atoms with Gasteiger partial charge in [0.2, 0.25) is 5.89 Å². The van der Waals surface area contributed by atoms with Crippen LogP contribution in [0, 0.1) is 6.92 Å². The largest absolute Gasteiger partial charge is 0.395 e. The Balaban J connectivity index is 2.25. The molecule has 1 atom stereocenters. The van der Waals surface area contributed by atoms with Gasteiger partial charge >= 0.3 is 0 Å². The number of hydrogen-bond donors (Lipinski definition) is 2. The lowest BCUT2D eigenvalue weighted by Crippen LogP contribution is -2.27. The Labute approximate surface area is 98.7 Å². The van der Waals surface area contributed by atoms with Gasteiger partial charge in [-0.15, -0.1) is 0 Å². The number of rotatable bonds is 5. The normalized spacial score (nSPS) is 12.6. The Morgan fingerprint density at radius 1 is 1.47 bits per heavy atom. The zero-order valence-corrected chi connectivity index (χ0v) is 9.50. The van der Waals surface area contributed by atoms with Crippen molar-refractivity contribution in [3.8, 4) is 0 Å². The Kier molecular flexibility index (Phi) is 3.79. The maximum absolute atomic E-state index is 8.87. The molecule has 0 aliphatic carbocycles. The predicted molar refractivity (Wildman–Crippen MR) is 60.2 cm³/mol. The van der Waals surface area contributed by atoms with E-state index in [0.717, 1.165) is 5.69 Å². The summed E-state index contributed by atoms with van der Waals surface area (Å²) in [6.45, 7) is 2.22. The van der Waals surface area contributed by atoms with Crippen molar-refractivity contribution in [2.75, 3.05) is 13.2 Å². The molecule has 0 fully saturated rings. The van der Waals surface area contributed by atoms with E-state index in [0.29, 0.717) is 18.3 Å². The molecule has 6 nitrogen and oxygen atoms in total. The van der Waals surface area contributed by atoms with Crippen molar-refractivity contribution < 1.29 is 9.63 Å². The highest BCUT2D eigenvalue weighted by Crippen LogP contribution is 2.16. The Morgan fingerprint density at radius 2 is 2.35 bits per heavy atom. The van der Waals surface area contributed by atoms with E-state index in [1.165, 1.54) is 0 Å². The van der Waals surface area contributed by atoms with Crippen LogP contribution in [0.1, 0.15) is 23.5 Å². The SMILES string of the molecule is Cc1nc(C(NCCO)c2ccccn2)no1. The highest BCUT2D eigenvalue weighted by molar-refractivity contribution is 5.16. The summed E-state index contributed by atoms with van der Waals surface area (Å²) in [4.78, 5) is 8.43. The van der Waals surface area contributed by atoms with Crippen LogP contribution < -0.4 is 5.32 Å². The molecule has 0 saturated carbocycles. The Hall–Kier alpha value is -1.79. The van der Waals surface area contributed by atoms with Crippen molar-refractivity contribution in [1.29, 1.82) is 0 Å². The van der Waals surface area contributed by atoms with Crippen molar-refractivity contribution in [3.05, 3.63) is 41.8 Å². The van der Waals surface area contributed by atoms with E-state index in [1.807, 2.05) is 18.2 Å². The molecule has 0 aromatic carbocycles. The van der Waals surface area contributed by atoms with Gasteiger partial charge in [-0.25, -0.2) is 0 Å². The zero-order chi connectivity index (χ0) is 12.1. The number of nitrogens with one attached hydrogen (secondary N) is 1. The second-order valence-corrected chi connectivity index (χ2v) is 3.54. The fourth-order valence-corrected chi connectivity index (χ4v) is 1.52. The summed E-state index contributed by atoms with van der Waals surface area (Å²) in [5.41, 5.74) is 0.793. The molecule has 2 heterocycles. The van der Waals surface area contributed by atoms with Gasteiger partial charge in [-0.05, 0) is 12.1 Å². The second-order valence-electron chi connectivity index (χ2n) is 3.54. The number of aliphatic hydroxyl groups is 1. The third-order valence-electron chi connectivity index (χ3n) is 2.25. The molecule has 2 aromatic rings. The molecule has 17 heavy (non-hydrogen) atoms. The first-order valence-electron chi connectivity index (χ1n) is 5.36. The number of hydrogen-bond acceptors (Lipinski definition) is 6. The van der Waals surface area contributed by atoms with Gasteiger partial charge in [0, 0.05) is 19.7 Å². The Morgan fingerprint density at radius 3 is 2.94 bits per heavy atom. The average Bonchev–Trinajstić information content (AvgIpc) is 2.78. The van der Waals surface area contributed by atoms with Gasteiger partial charge < -0.3 is 9.63 Å². The fourth-order valence-electron chi connectivity index (χ4n) is 1.52. The van der Waals surface area contributed by atoms with Crippen LogP contribution in [0.5, 0.6) is 0 Å². The number of pyridine rings is 1. The van der Waals surface area contributed by atoms with Gasteiger partial charge in [0.15, 0.2) is 5.82 Å². The molecular weight excluding hydrogens is 220 g/mol. The van der Waals surface area contributed by atoms with E-state index < -0.39 is 0 Å². The molecule has 0 spiro atoms. The smallest absolute Gasteiger partial charge is 0.223 e. The molecule has 0 saturated heterocycles. The molecule has 0 amide bonds. The van der Waals surface area contributed by atoms with E-state index in [4.69, 9.17) is 9.63 Å². The zero-order valence-electron chi connectivity index (χ0n) is 9.50. The molecule has 6 heteroatoms. The monoisotopic (exact) mass is 234 g/mol. The highest BCUT2D eigenvalue weighted by Gasteiger charge is 2.19. The topological polar surface area (TPSA) is 84.1 Å². The van der Waals surface area contributed by atoms with E-state index >= 15 is 0 Å². The van der Waals surface area contributed by atoms with Crippen LogP contribution in [0.15, 0.2) is 28.9 Å².